The Kier molecular flexibility index (Phi) is 4.19. The zero-order chi connectivity index (χ0) is 13.8. The lowest BCUT2D eigenvalue weighted by Crippen LogP contribution is -2.02. The number of hydrogen-bond acceptors (Lipinski definition) is 5. The minimum absolute atomic E-state index is 0.154. The van der Waals surface area contributed by atoms with Gasteiger partial charge in [0.25, 0.3) is 0 Å². The van der Waals surface area contributed by atoms with E-state index in [2.05, 4.69) is 16.9 Å². The molecule has 0 bridgehead atoms. The van der Waals surface area contributed by atoms with Gasteiger partial charge in [0.05, 0.1) is 0 Å². The number of hydrogen-bond donors (Lipinski definition) is 2. The average Bonchev–Trinajstić information content (AvgIpc) is 2.77. The molecule has 98 valence electrons. The summed E-state index contributed by atoms with van der Waals surface area (Å²) >= 11 is 7.02. The second-order valence-corrected chi connectivity index (χ2v) is 5.17. The molecule has 0 saturated carbocycles. The minimum atomic E-state index is -0.154. The fraction of sp³-hybridized carbons (Fsp3) is 0.0769. The number of nitrogens with two attached hydrogens (primary N) is 1. The van der Waals surface area contributed by atoms with Gasteiger partial charge in [-0.15, -0.1) is 6.58 Å². The molecule has 1 aromatic heterocycles. The van der Waals surface area contributed by atoms with E-state index in [0.29, 0.717) is 27.1 Å². The number of nitrogens with one attached hydrogen (secondary N) is 1. The van der Waals surface area contributed by atoms with Crippen molar-refractivity contribution in [2.45, 2.75) is 0 Å². The van der Waals surface area contributed by atoms with Gasteiger partial charge in [0.2, 0.25) is 5.78 Å². The predicted molar refractivity (Wildman–Crippen MR) is 80.1 cm³/mol. The van der Waals surface area contributed by atoms with Gasteiger partial charge in [0.1, 0.15) is 10.7 Å². The Morgan fingerprint density at radius 1 is 1.47 bits per heavy atom. The third-order valence-corrected chi connectivity index (χ3v) is 3.64. The van der Waals surface area contributed by atoms with Gasteiger partial charge in [-0.2, -0.15) is 0 Å². The lowest BCUT2D eigenvalue weighted by molar-refractivity contribution is 0.104. The molecule has 2 aromatic rings. The Hall–Kier alpha value is -1.85. The van der Waals surface area contributed by atoms with Gasteiger partial charge in [-0.25, -0.2) is 4.98 Å². The predicted octanol–water partition coefficient (Wildman–Crippen LogP) is 3.21. The van der Waals surface area contributed by atoms with Crippen molar-refractivity contribution in [3.8, 4) is 0 Å². The van der Waals surface area contributed by atoms with Gasteiger partial charge >= 0.3 is 0 Å². The number of rotatable bonds is 5. The molecule has 0 atom stereocenters. The second-order valence-electron chi connectivity index (χ2n) is 3.74. The molecule has 0 aliphatic carbocycles. The highest BCUT2D eigenvalue weighted by Gasteiger charge is 2.17. The van der Waals surface area contributed by atoms with Crippen LogP contribution in [0.25, 0.3) is 0 Å². The normalized spacial score (nSPS) is 10.2. The number of aromatic nitrogens is 1. The molecule has 1 aromatic carbocycles. The largest absolute Gasteiger partial charge is 0.382 e. The molecule has 3 N–H and O–H groups in total. The summed E-state index contributed by atoms with van der Waals surface area (Å²) in [6, 6.07) is 6.67. The van der Waals surface area contributed by atoms with Gasteiger partial charge in [-0.05, 0) is 24.3 Å². The van der Waals surface area contributed by atoms with E-state index < -0.39 is 0 Å². The van der Waals surface area contributed by atoms with E-state index in [9.17, 15) is 4.79 Å². The number of benzene rings is 1. The van der Waals surface area contributed by atoms with Crippen molar-refractivity contribution in [1.82, 2.24) is 4.98 Å². The van der Waals surface area contributed by atoms with Crippen LogP contribution < -0.4 is 11.1 Å². The third kappa shape index (κ3) is 3.13. The molecule has 4 nitrogen and oxygen atoms in total. The standard InChI is InChI=1S/C13H12ClN3OS/c1-2-7-16-13-17-12(15)11(19-13)10(18)8-3-5-9(14)6-4-8/h2-6H,1,7,15H2,(H,16,17). The minimum Gasteiger partial charge on any atom is -0.382 e. The highest BCUT2D eigenvalue weighted by Crippen LogP contribution is 2.27. The maximum atomic E-state index is 12.3. The van der Waals surface area contributed by atoms with E-state index in [0.717, 1.165) is 0 Å². The van der Waals surface area contributed by atoms with Crippen LogP contribution in [-0.4, -0.2) is 17.3 Å². The van der Waals surface area contributed by atoms with Crippen LogP contribution in [0.15, 0.2) is 36.9 Å². The van der Waals surface area contributed by atoms with Gasteiger partial charge in [0, 0.05) is 17.1 Å². The summed E-state index contributed by atoms with van der Waals surface area (Å²) in [6.07, 6.45) is 1.71. The van der Waals surface area contributed by atoms with Crippen LogP contribution in [0.3, 0.4) is 0 Å². The molecular weight excluding hydrogens is 282 g/mol. The molecule has 19 heavy (non-hydrogen) atoms. The monoisotopic (exact) mass is 293 g/mol. The first-order valence-electron chi connectivity index (χ1n) is 5.53. The number of halogens is 1. The first-order valence-corrected chi connectivity index (χ1v) is 6.72. The molecule has 0 spiro atoms. The fourth-order valence-corrected chi connectivity index (χ4v) is 2.44. The molecular formula is C13H12ClN3OS. The van der Waals surface area contributed by atoms with Crippen molar-refractivity contribution < 1.29 is 4.79 Å². The Labute approximate surface area is 119 Å². The van der Waals surface area contributed by atoms with Crippen molar-refractivity contribution in [2.75, 3.05) is 17.6 Å². The van der Waals surface area contributed by atoms with Crippen LogP contribution in [0, 0.1) is 0 Å². The maximum absolute atomic E-state index is 12.3. The van der Waals surface area contributed by atoms with Crippen molar-refractivity contribution in [1.29, 1.82) is 0 Å². The lowest BCUT2D eigenvalue weighted by Gasteiger charge is -1.98. The van der Waals surface area contributed by atoms with Crippen LogP contribution in [0.5, 0.6) is 0 Å². The summed E-state index contributed by atoms with van der Waals surface area (Å²) in [5.41, 5.74) is 6.30. The van der Waals surface area contributed by atoms with Crippen LogP contribution in [0.4, 0.5) is 10.9 Å². The van der Waals surface area contributed by atoms with E-state index >= 15 is 0 Å². The summed E-state index contributed by atoms with van der Waals surface area (Å²) in [5, 5.41) is 4.20. The van der Waals surface area contributed by atoms with Crippen molar-refractivity contribution in [3.05, 3.63) is 52.4 Å². The maximum Gasteiger partial charge on any atom is 0.206 e. The molecule has 0 radical (unpaired) electrons. The summed E-state index contributed by atoms with van der Waals surface area (Å²) in [7, 11) is 0. The highest BCUT2D eigenvalue weighted by molar-refractivity contribution is 7.18. The van der Waals surface area contributed by atoms with Gasteiger partial charge in [-0.3, -0.25) is 4.79 Å². The molecule has 0 aliphatic heterocycles. The van der Waals surface area contributed by atoms with Crippen LogP contribution in [0.2, 0.25) is 5.02 Å². The summed E-state index contributed by atoms with van der Waals surface area (Å²) in [6.45, 7) is 4.17. The van der Waals surface area contributed by atoms with Crippen LogP contribution in [0.1, 0.15) is 15.2 Å². The Balaban J connectivity index is 2.25. The zero-order valence-electron chi connectivity index (χ0n) is 10.0. The molecule has 0 unspecified atom stereocenters. The van der Waals surface area contributed by atoms with Crippen LogP contribution >= 0.6 is 22.9 Å². The van der Waals surface area contributed by atoms with E-state index in [1.165, 1.54) is 11.3 Å². The molecule has 0 fully saturated rings. The summed E-state index contributed by atoms with van der Waals surface area (Å²) in [4.78, 5) is 16.8. The molecule has 0 aliphatic rings. The lowest BCUT2D eigenvalue weighted by atomic mass is 10.1. The molecule has 6 heteroatoms. The number of carbonyl (C=O) groups is 1. The van der Waals surface area contributed by atoms with Crippen molar-refractivity contribution >= 4 is 39.7 Å². The fourth-order valence-electron chi connectivity index (χ4n) is 1.46. The zero-order valence-corrected chi connectivity index (χ0v) is 11.6. The second kappa shape index (κ2) is 5.86. The molecule has 0 amide bonds. The quantitative estimate of drug-likeness (QED) is 0.656. The summed E-state index contributed by atoms with van der Waals surface area (Å²) in [5.74, 6) is 0.0785. The topological polar surface area (TPSA) is 68.0 Å². The van der Waals surface area contributed by atoms with Gasteiger partial charge < -0.3 is 11.1 Å². The SMILES string of the molecule is C=CCNc1nc(N)c(C(=O)c2ccc(Cl)cc2)s1. The van der Waals surface area contributed by atoms with Crippen molar-refractivity contribution in [3.63, 3.8) is 0 Å². The first kappa shape index (κ1) is 13.6. The first-order chi connectivity index (χ1) is 9.11. The number of nitrogens with zero attached hydrogens (tertiary/aromatic N) is 1. The van der Waals surface area contributed by atoms with E-state index in [-0.39, 0.29) is 11.6 Å². The smallest absolute Gasteiger partial charge is 0.206 e. The van der Waals surface area contributed by atoms with E-state index in [1.54, 1.807) is 30.3 Å². The molecule has 0 saturated heterocycles. The van der Waals surface area contributed by atoms with Gasteiger partial charge in [-0.1, -0.05) is 29.0 Å². The Morgan fingerprint density at radius 3 is 2.79 bits per heavy atom. The number of anilines is 2. The highest BCUT2D eigenvalue weighted by atomic mass is 35.5. The third-order valence-electron chi connectivity index (χ3n) is 2.36. The van der Waals surface area contributed by atoms with E-state index in [1.807, 2.05) is 0 Å². The Morgan fingerprint density at radius 2 is 2.16 bits per heavy atom. The number of thiazole rings is 1. The average molecular weight is 294 g/mol. The van der Waals surface area contributed by atoms with E-state index in [4.69, 9.17) is 17.3 Å². The number of ketones is 1. The number of nitrogen functional groups attached to an aromatic ring is 1. The molecule has 1 heterocycles. The van der Waals surface area contributed by atoms with Crippen molar-refractivity contribution in [2.24, 2.45) is 0 Å². The van der Waals surface area contributed by atoms with Gasteiger partial charge in [0.15, 0.2) is 5.13 Å². The molecule has 2 rings (SSSR count). The van der Waals surface area contributed by atoms with Crippen LogP contribution in [-0.2, 0) is 0 Å². The summed E-state index contributed by atoms with van der Waals surface area (Å²) < 4.78 is 0. The number of carbonyl (C=O) groups excluding carboxylic acids is 1. The Bertz CT molecular complexity index is 607.